The van der Waals surface area contributed by atoms with Crippen LogP contribution in [0.1, 0.15) is 25.7 Å². The van der Waals surface area contributed by atoms with Crippen LogP contribution in [0, 0.1) is 17.8 Å². The third-order valence-corrected chi connectivity index (χ3v) is 5.05. The Hall–Kier alpha value is -1.57. The van der Waals surface area contributed by atoms with Gasteiger partial charge in [0.1, 0.15) is 0 Å². The van der Waals surface area contributed by atoms with Crippen LogP contribution in [-0.2, 0) is 0 Å². The second-order valence-electron chi connectivity index (χ2n) is 6.06. The predicted molar refractivity (Wildman–Crippen MR) is 79.2 cm³/mol. The molecular weight excluding hydrogens is 232 g/mol. The second kappa shape index (κ2) is 4.52. The van der Waals surface area contributed by atoms with Crippen LogP contribution in [0.25, 0.3) is 10.8 Å². The Morgan fingerprint density at radius 1 is 1.11 bits per heavy atom. The lowest BCUT2D eigenvalue weighted by atomic mass is 10.0. The van der Waals surface area contributed by atoms with Crippen LogP contribution in [0.3, 0.4) is 0 Å². The molecule has 2 saturated carbocycles. The van der Waals surface area contributed by atoms with Crippen LogP contribution in [0.5, 0.6) is 0 Å². The minimum absolute atomic E-state index is 0.925. The van der Waals surface area contributed by atoms with Gasteiger partial charge in [-0.05, 0) is 48.1 Å². The van der Waals surface area contributed by atoms with Gasteiger partial charge < -0.3 is 5.32 Å². The maximum atomic E-state index is 4.25. The van der Waals surface area contributed by atoms with Gasteiger partial charge in [0.05, 0.1) is 0 Å². The average Bonchev–Trinajstić information content (AvgIpc) is 3.18. The number of nitrogens with one attached hydrogen (secondary N) is 1. The van der Waals surface area contributed by atoms with Crippen molar-refractivity contribution in [3.63, 3.8) is 0 Å². The maximum absolute atomic E-state index is 4.25. The molecule has 2 aliphatic carbocycles. The SMILES string of the molecule is c1cc(NCC2C3CCCCC32)c2cnccc2c1. The summed E-state index contributed by atoms with van der Waals surface area (Å²) in [6.07, 6.45) is 9.67. The summed E-state index contributed by atoms with van der Waals surface area (Å²) < 4.78 is 0. The highest BCUT2D eigenvalue weighted by atomic mass is 14.9. The fraction of sp³-hybridized carbons (Fsp3) is 0.471. The normalized spacial score (nSPS) is 28.9. The summed E-state index contributed by atoms with van der Waals surface area (Å²) in [4.78, 5) is 4.25. The molecular formula is C17H20N2. The molecule has 0 radical (unpaired) electrons. The van der Waals surface area contributed by atoms with Crippen molar-refractivity contribution in [3.8, 4) is 0 Å². The number of fused-ring (bicyclic) bond motifs is 2. The van der Waals surface area contributed by atoms with Crippen molar-refractivity contribution in [2.24, 2.45) is 17.8 Å². The molecule has 0 spiro atoms. The van der Waals surface area contributed by atoms with E-state index in [1.165, 1.54) is 42.1 Å². The van der Waals surface area contributed by atoms with Gasteiger partial charge in [-0.1, -0.05) is 25.0 Å². The zero-order chi connectivity index (χ0) is 12.7. The summed E-state index contributed by atoms with van der Waals surface area (Å²) in [6, 6.07) is 8.54. The number of nitrogens with zero attached hydrogens (tertiary/aromatic N) is 1. The third kappa shape index (κ3) is 1.99. The van der Waals surface area contributed by atoms with Crippen molar-refractivity contribution in [3.05, 3.63) is 36.7 Å². The van der Waals surface area contributed by atoms with E-state index in [4.69, 9.17) is 0 Å². The zero-order valence-corrected chi connectivity index (χ0v) is 11.2. The van der Waals surface area contributed by atoms with E-state index in [2.05, 4.69) is 34.6 Å². The molecule has 1 aromatic heterocycles. The van der Waals surface area contributed by atoms with Gasteiger partial charge in [-0.3, -0.25) is 4.98 Å². The highest BCUT2D eigenvalue weighted by Gasteiger charge is 2.49. The molecule has 2 atom stereocenters. The van der Waals surface area contributed by atoms with Crippen molar-refractivity contribution in [1.82, 2.24) is 4.98 Å². The fourth-order valence-corrected chi connectivity index (χ4v) is 3.94. The molecule has 4 rings (SSSR count). The van der Waals surface area contributed by atoms with Crippen molar-refractivity contribution >= 4 is 16.5 Å². The summed E-state index contributed by atoms with van der Waals surface area (Å²) in [6.45, 7) is 1.14. The van der Waals surface area contributed by atoms with E-state index in [-0.39, 0.29) is 0 Å². The van der Waals surface area contributed by atoms with Crippen molar-refractivity contribution < 1.29 is 0 Å². The highest BCUT2D eigenvalue weighted by Crippen LogP contribution is 2.55. The van der Waals surface area contributed by atoms with Gasteiger partial charge in [0.2, 0.25) is 0 Å². The predicted octanol–water partition coefficient (Wildman–Crippen LogP) is 4.08. The highest BCUT2D eigenvalue weighted by molar-refractivity contribution is 5.93. The monoisotopic (exact) mass is 252 g/mol. The zero-order valence-electron chi connectivity index (χ0n) is 11.2. The van der Waals surface area contributed by atoms with E-state index in [0.717, 1.165) is 24.3 Å². The molecule has 19 heavy (non-hydrogen) atoms. The molecule has 0 aliphatic heterocycles. The Kier molecular flexibility index (Phi) is 2.68. The number of hydrogen-bond acceptors (Lipinski definition) is 2. The number of benzene rings is 1. The number of aromatic nitrogens is 1. The van der Waals surface area contributed by atoms with E-state index >= 15 is 0 Å². The van der Waals surface area contributed by atoms with Gasteiger partial charge in [-0.25, -0.2) is 0 Å². The van der Waals surface area contributed by atoms with Crippen molar-refractivity contribution in [2.45, 2.75) is 25.7 Å². The molecule has 2 unspecified atom stereocenters. The van der Waals surface area contributed by atoms with Gasteiger partial charge in [0, 0.05) is 30.0 Å². The smallest absolute Gasteiger partial charge is 0.0435 e. The lowest BCUT2D eigenvalue weighted by molar-refractivity contribution is 0.480. The lowest BCUT2D eigenvalue weighted by Gasteiger charge is -2.09. The average molecular weight is 252 g/mol. The Labute approximate surface area is 114 Å². The first-order valence-electron chi connectivity index (χ1n) is 7.50. The first-order chi connectivity index (χ1) is 9.43. The van der Waals surface area contributed by atoms with Crippen LogP contribution in [0.15, 0.2) is 36.7 Å². The Morgan fingerprint density at radius 2 is 1.95 bits per heavy atom. The molecule has 2 nitrogen and oxygen atoms in total. The molecule has 98 valence electrons. The molecule has 0 amide bonds. The lowest BCUT2D eigenvalue weighted by Crippen LogP contribution is -2.05. The molecule has 2 fully saturated rings. The van der Waals surface area contributed by atoms with E-state index in [1.54, 1.807) is 0 Å². The van der Waals surface area contributed by atoms with Gasteiger partial charge >= 0.3 is 0 Å². The Morgan fingerprint density at radius 3 is 2.79 bits per heavy atom. The van der Waals surface area contributed by atoms with Crippen LogP contribution in [0.4, 0.5) is 5.69 Å². The third-order valence-electron chi connectivity index (χ3n) is 5.05. The number of rotatable bonds is 3. The number of anilines is 1. The van der Waals surface area contributed by atoms with Crippen molar-refractivity contribution in [2.75, 3.05) is 11.9 Å². The Balaban J connectivity index is 1.50. The van der Waals surface area contributed by atoms with Gasteiger partial charge in [-0.15, -0.1) is 0 Å². The maximum Gasteiger partial charge on any atom is 0.0435 e. The largest absolute Gasteiger partial charge is 0.384 e. The van der Waals surface area contributed by atoms with E-state index in [1.807, 2.05) is 12.4 Å². The molecule has 1 aromatic carbocycles. The summed E-state index contributed by atoms with van der Waals surface area (Å²) >= 11 is 0. The van der Waals surface area contributed by atoms with Gasteiger partial charge in [0.15, 0.2) is 0 Å². The summed E-state index contributed by atoms with van der Waals surface area (Å²) in [5, 5.41) is 6.18. The second-order valence-corrected chi connectivity index (χ2v) is 6.06. The van der Waals surface area contributed by atoms with E-state index in [9.17, 15) is 0 Å². The summed E-state index contributed by atoms with van der Waals surface area (Å²) in [5.74, 6) is 2.97. The minimum Gasteiger partial charge on any atom is -0.384 e. The van der Waals surface area contributed by atoms with Crippen LogP contribution < -0.4 is 5.32 Å². The molecule has 0 saturated heterocycles. The molecule has 0 bridgehead atoms. The first kappa shape index (κ1) is 11.3. The Bertz CT molecular complexity index is 575. The number of pyridine rings is 1. The molecule has 2 heteroatoms. The number of hydrogen-bond donors (Lipinski definition) is 1. The molecule has 2 aromatic rings. The fourth-order valence-electron chi connectivity index (χ4n) is 3.94. The molecule has 1 heterocycles. The summed E-state index contributed by atoms with van der Waals surface area (Å²) in [5.41, 5.74) is 1.24. The topological polar surface area (TPSA) is 24.9 Å². The standard InChI is InChI=1S/C17H20N2/c1-2-6-14-13(5-1)16(14)11-19-17-7-3-4-12-8-9-18-10-15(12)17/h3-4,7-10,13-14,16,19H,1-2,5-6,11H2. The van der Waals surface area contributed by atoms with E-state index < -0.39 is 0 Å². The van der Waals surface area contributed by atoms with Crippen LogP contribution >= 0.6 is 0 Å². The molecule has 2 aliphatic rings. The summed E-state index contributed by atoms with van der Waals surface area (Å²) in [7, 11) is 0. The van der Waals surface area contributed by atoms with Crippen LogP contribution in [0.2, 0.25) is 0 Å². The quantitative estimate of drug-likeness (QED) is 0.890. The van der Waals surface area contributed by atoms with Gasteiger partial charge in [-0.2, -0.15) is 0 Å². The first-order valence-corrected chi connectivity index (χ1v) is 7.50. The minimum atomic E-state index is 0.925. The van der Waals surface area contributed by atoms with Gasteiger partial charge in [0.25, 0.3) is 0 Å². The van der Waals surface area contributed by atoms with E-state index in [0.29, 0.717) is 0 Å². The molecule has 1 N–H and O–H groups in total. The van der Waals surface area contributed by atoms with Crippen molar-refractivity contribution in [1.29, 1.82) is 0 Å². The van der Waals surface area contributed by atoms with Crippen LogP contribution in [-0.4, -0.2) is 11.5 Å².